The van der Waals surface area contributed by atoms with E-state index in [0.29, 0.717) is 49.9 Å². The molecule has 232 valence electrons. The smallest absolute Gasteiger partial charge is 0.422 e. The fraction of sp³-hybridized carbons (Fsp3) is 0.500. The Hall–Kier alpha value is -3.77. The number of hydrogen-bond acceptors (Lipinski definition) is 8. The first-order chi connectivity index (χ1) is 21.1. The number of aromatic amines is 1. The SMILES string of the molecule is C=Cc1cc2c(N3CCC4(CC3)CNC4)nc(C3CCN(C)CC3)nc2c(OCC(F)(F)F)c1-c1c(C)cnc2[nH]ncc12. The van der Waals surface area contributed by atoms with Gasteiger partial charge in [-0.1, -0.05) is 12.7 Å². The minimum absolute atomic E-state index is 0.0843. The third-order valence-electron chi connectivity index (χ3n) is 9.70. The Morgan fingerprint density at radius 1 is 1.07 bits per heavy atom. The standard InChI is InChI=1S/C32H37F3N8O/c1-4-20-13-22-26(27(44-18-32(33,34)35)25(20)24-19(2)14-37-29-23(24)15-38-41-29)39-28(21-5-9-42(3)10-6-21)40-30(22)43-11-7-31(8-12-43)16-36-17-31/h4,13-15,21,36H,1,5-12,16-18H2,2-3H3,(H,37,38,41). The third-order valence-corrected chi connectivity index (χ3v) is 9.70. The maximum absolute atomic E-state index is 13.8. The fourth-order valence-corrected chi connectivity index (χ4v) is 7.02. The summed E-state index contributed by atoms with van der Waals surface area (Å²) in [5, 5.41) is 11.8. The molecular formula is C32H37F3N8O. The van der Waals surface area contributed by atoms with E-state index in [1.54, 1.807) is 18.5 Å². The molecule has 1 spiro atoms. The Morgan fingerprint density at radius 3 is 2.48 bits per heavy atom. The summed E-state index contributed by atoms with van der Waals surface area (Å²) in [5.74, 6) is 1.61. The number of nitrogens with zero attached hydrogens (tertiary/aromatic N) is 6. The summed E-state index contributed by atoms with van der Waals surface area (Å²) in [6, 6.07) is 1.97. The summed E-state index contributed by atoms with van der Waals surface area (Å²) in [4.78, 5) is 19.3. The van der Waals surface area contributed by atoms with E-state index in [2.05, 4.69) is 43.9 Å². The van der Waals surface area contributed by atoms with Crippen molar-refractivity contribution in [2.45, 2.75) is 44.7 Å². The molecule has 0 unspecified atom stereocenters. The molecule has 1 aromatic carbocycles. The molecule has 6 heterocycles. The molecule has 0 bridgehead atoms. The van der Waals surface area contributed by atoms with Gasteiger partial charge in [0.15, 0.2) is 18.0 Å². The van der Waals surface area contributed by atoms with Crippen molar-refractivity contribution in [3.8, 4) is 16.9 Å². The van der Waals surface area contributed by atoms with E-state index in [-0.39, 0.29) is 11.7 Å². The predicted molar refractivity (Wildman–Crippen MR) is 165 cm³/mol. The van der Waals surface area contributed by atoms with Gasteiger partial charge in [0.25, 0.3) is 0 Å². The number of aryl methyl sites for hydroxylation is 1. The molecule has 0 radical (unpaired) electrons. The van der Waals surface area contributed by atoms with Gasteiger partial charge in [0.2, 0.25) is 0 Å². The monoisotopic (exact) mass is 606 g/mol. The van der Waals surface area contributed by atoms with Gasteiger partial charge in [-0.05, 0) is 75.4 Å². The van der Waals surface area contributed by atoms with Crippen LogP contribution in [-0.2, 0) is 0 Å². The van der Waals surface area contributed by atoms with Crippen LogP contribution in [0.1, 0.15) is 48.6 Å². The van der Waals surface area contributed by atoms with Gasteiger partial charge in [0.05, 0.1) is 6.20 Å². The van der Waals surface area contributed by atoms with Crippen LogP contribution in [0.2, 0.25) is 0 Å². The van der Waals surface area contributed by atoms with Gasteiger partial charge in [0, 0.05) is 60.2 Å². The van der Waals surface area contributed by atoms with Crippen LogP contribution >= 0.6 is 0 Å². The van der Waals surface area contributed by atoms with Crippen molar-refractivity contribution in [2.75, 3.05) is 57.8 Å². The Balaban J connectivity index is 1.48. The number of anilines is 1. The molecule has 0 aliphatic carbocycles. The number of piperidine rings is 2. The van der Waals surface area contributed by atoms with E-state index in [1.807, 2.05) is 13.0 Å². The third kappa shape index (κ3) is 5.17. The first-order valence-corrected chi connectivity index (χ1v) is 15.3. The zero-order chi connectivity index (χ0) is 30.6. The number of pyridine rings is 1. The quantitative estimate of drug-likeness (QED) is 0.299. The highest BCUT2D eigenvalue weighted by atomic mass is 19.4. The van der Waals surface area contributed by atoms with Crippen molar-refractivity contribution < 1.29 is 17.9 Å². The number of nitrogens with one attached hydrogen (secondary N) is 2. The zero-order valence-corrected chi connectivity index (χ0v) is 25.1. The number of ether oxygens (including phenoxy) is 1. The van der Waals surface area contributed by atoms with Crippen molar-refractivity contribution >= 4 is 33.8 Å². The van der Waals surface area contributed by atoms with Gasteiger partial charge in [-0.15, -0.1) is 0 Å². The first kappa shape index (κ1) is 29.0. The van der Waals surface area contributed by atoms with E-state index in [9.17, 15) is 13.2 Å². The summed E-state index contributed by atoms with van der Waals surface area (Å²) in [7, 11) is 2.10. The predicted octanol–water partition coefficient (Wildman–Crippen LogP) is 5.46. The van der Waals surface area contributed by atoms with Gasteiger partial charge in [0.1, 0.15) is 17.2 Å². The van der Waals surface area contributed by atoms with Gasteiger partial charge in [-0.3, -0.25) is 5.10 Å². The minimum Gasteiger partial charge on any atom is -0.481 e. The Labute approximate surface area is 253 Å². The summed E-state index contributed by atoms with van der Waals surface area (Å²) in [6.07, 6.45) is 4.29. The van der Waals surface area contributed by atoms with Crippen LogP contribution in [0.25, 0.3) is 39.1 Å². The highest BCUT2D eigenvalue weighted by molar-refractivity contribution is 6.06. The van der Waals surface area contributed by atoms with E-state index >= 15 is 0 Å². The van der Waals surface area contributed by atoms with Crippen molar-refractivity contribution in [1.29, 1.82) is 0 Å². The van der Waals surface area contributed by atoms with Gasteiger partial charge >= 0.3 is 6.18 Å². The first-order valence-electron chi connectivity index (χ1n) is 15.3. The molecule has 3 aliphatic rings. The number of rotatable bonds is 6. The number of fused-ring (bicyclic) bond motifs is 2. The van der Waals surface area contributed by atoms with E-state index in [0.717, 1.165) is 76.3 Å². The number of H-pyrrole nitrogens is 1. The number of likely N-dealkylation sites (tertiary alicyclic amines) is 1. The lowest BCUT2D eigenvalue weighted by molar-refractivity contribution is -0.153. The van der Waals surface area contributed by atoms with Crippen LogP contribution in [0.5, 0.6) is 5.75 Å². The highest BCUT2D eigenvalue weighted by Gasteiger charge is 2.40. The van der Waals surface area contributed by atoms with E-state index in [1.165, 1.54) is 0 Å². The lowest BCUT2D eigenvalue weighted by Crippen LogP contribution is -2.58. The number of aromatic nitrogens is 5. The van der Waals surface area contributed by atoms with E-state index < -0.39 is 12.8 Å². The summed E-state index contributed by atoms with van der Waals surface area (Å²) in [5.41, 5.74) is 3.86. The molecule has 12 heteroatoms. The van der Waals surface area contributed by atoms with Gasteiger partial charge in [-0.25, -0.2) is 15.0 Å². The zero-order valence-electron chi connectivity index (χ0n) is 25.1. The van der Waals surface area contributed by atoms with Gasteiger partial charge in [-0.2, -0.15) is 18.3 Å². The molecule has 0 atom stereocenters. The average Bonchev–Trinajstić information content (AvgIpc) is 3.47. The normalized spacial score (nSPS) is 19.5. The molecule has 3 aromatic heterocycles. The van der Waals surface area contributed by atoms with Crippen molar-refractivity contribution in [3.05, 3.63) is 42.0 Å². The van der Waals surface area contributed by atoms with Crippen LogP contribution < -0.4 is 15.0 Å². The van der Waals surface area contributed by atoms with Crippen molar-refractivity contribution in [2.24, 2.45) is 5.41 Å². The van der Waals surface area contributed by atoms with Crippen LogP contribution in [0.4, 0.5) is 19.0 Å². The summed E-state index contributed by atoms with van der Waals surface area (Å²) in [6.45, 7) is 10.0. The number of benzene rings is 1. The molecule has 9 nitrogen and oxygen atoms in total. The Bertz CT molecular complexity index is 1710. The number of alkyl halides is 3. The maximum Gasteiger partial charge on any atom is 0.422 e. The summed E-state index contributed by atoms with van der Waals surface area (Å²) >= 11 is 0. The molecule has 3 aliphatic heterocycles. The molecule has 4 aromatic rings. The summed E-state index contributed by atoms with van der Waals surface area (Å²) < 4.78 is 47.2. The number of hydrogen-bond donors (Lipinski definition) is 2. The average molecular weight is 607 g/mol. The molecule has 3 saturated heterocycles. The molecule has 44 heavy (non-hydrogen) atoms. The minimum atomic E-state index is -4.54. The highest BCUT2D eigenvalue weighted by Crippen LogP contribution is 2.47. The second-order valence-electron chi connectivity index (χ2n) is 12.7. The lowest BCUT2D eigenvalue weighted by Gasteiger charge is -2.48. The molecule has 0 saturated carbocycles. The second-order valence-corrected chi connectivity index (χ2v) is 12.7. The Kier molecular flexibility index (Phi) is 7.24. The van der Waals surface area contributed by atoms with Crippen LogP contribution in [0.15, 0.2) is 25.0 Å². The molecule has 3 fully saturated rings. The van der Waals surface area contributed by atoms with E-state index in [4.69, 9.17) is 14.7 Å². The molecule has 0 amide bonds. The van der Waals surface area contributed by atoms with Crippen molar-refractivity contribution in [1.82, 2.24) is 35.4 Å². The van der Waals surface area contributed by atoms with Gasteiger partial charge < -0.3 is 19.9 Å². The van der Waals surface area contributed by atoms with Crippen LogP contribution in [0.3, 0.4) is 0 Å². The second kappa shape index (κ2) is 11.0. The molecule has 2 N–H and O–H groups in total. The van der Waals surface area contributed by atoms with Crippen LogP contribution in [0, 0.1) is 12.3 Å². The largest absolute Gasteiger partial charge is 0.481 e. The fourth-order valence-electron chi connectivity index (χ4n) is 7.02. The lowest BCUT2D eigenvalue weighted by atomic mass is 9.73. The molecule has 7 rings (SSSR count). The molecular weight excluding hydrogens is 569 g/mol. The van der Waals surface area contributed by atoms with Crippen molar-refractivity contribution in [3.63, 3.8) is 0 Å². The van der Waals surface area contributed by atoms with Crippen LogP contribution in [-0.4, -0.2) is 89.1 Å². The number of halogens is 3. The Morgan fingerprint density at radius 2 is 1.82 bits per heavy atom. The topological polar surface area (TPSA) is 95.1 Å². The maximum atomic E-state index is 13.8.